The fourth-order valence-corrected chi connectivity index (χ4v) is 3.14. The largest absolute Gasteiger partial charge is 0.423 e. The van der Waals surface area contributed by atoms with Crippen LogP contribution in [0.4, 0.5) is 13.2 Å². The molecule has 0 aliphatic carbocycles. The van der Waals surface area contributed by atoms with Gasteiger partial charge in [-0.05, 0) is 12.1 Å². The number of nitrogens with zero attached hydrogens (tertiary/aromatic N) is 3. The molecule has 0 unspecified atom stereocenters. The molecule has 0 spiro atoms. The van der Waals surface area contributed by atoms with E-state index in [1.165, 1.54) is 18.3 Å². The third-order valence-electron chi connectivity index (χ3n) is 4.58. The number of aromatic nitrogens is 3. The van der Waals surface area contributed by atoms with Crippen molar-refractivity contribution in [3.63, 3.8) is 0 Å². The maximum absolute atomic E-state index is 13.5. The Bertz CT molecular complexity index is 1120. The Morgan fingerprint density at radius 3 is 2.74 bits per heavy atom. The number of rotatable bonds is 5. The van der Waals surface area contributed by atoms with Crippen molar-refractivity contribution in [1.82, 2.24) is 14.1 Å². The zero-order valence-corrected chi connectivity index (χ0v) is 15.8. The number of hydrogen-bond donors (Lipinski definition) is 1. The predicted octanol–water partition coefficient (Wildman–Crippen LogP) is 0.410. The van der Waals surface area contributed by atoms with Gasteiger partial charge in [0.05, 0.1) is 18.3 Å². The Balaban J connectivity index is 2.14. The van der Waals surface area contributed by atoms with Crippen LogP contribution in [0.1, 0.15) is 28.6 Å². The van der Waals surface area contributed by atoms with Crippen LogP contribution in [0.2, 0.25) is 0 Å². The van der Waals surface area contributed by atoms with E-state index >= 15 is 0 Å². The lowest BCUT2D eigenvalue weighted by molar-refractivity contribution is -0.139. The van der Waals surface area contributed by atoms with Gasteiger partial charge in [0, 0.05) is 25.0 Å². The molecule has 3 atom stereocenters. The van der Waals surface area contributed by atoms with Crippen LogP contribution in [-0.4, -0.2) is 50.6 Å². The number of ether oxygens (including phenoxy) is 2. The Morgan fingerprint density at radius 2 is 2.16 bits per heavy atom. The van der Waals surface area contributed by atoms with Gasteiger partial charge in [0.15, 0.2) is 0 Å². The highest BCUT2D eigenvalue weighted by Crippen LogP contribution is 2.31. The summed E-state index contributed by atoms with van der Waals surface area (Å²) >= 11 is 0. The predicted molar refractivity (Wildman–Crippen MR) is 98.1 cm³/mol. The number of hydrogen-bond acceptors (Lipinski definition) is 7. The standard InChI is InChI=1S/C19H16F3N3O6/c1-2-6-30-13-7-15(31-14(13)10-26)24-9-12(19(20,21)22)17(28)25(18(24)29)16(27)11-4-3-5-23-8-11/h1,3-5,8-9,13-15,26H,6-7,10H2/t13-,14+,15+/m0/s1. The Labute approximate surface area is 172 Å². The van der Waals surface area contributed by atoms with Crippen LogP contribution >= 0.6 is 0 Å². The Morgan fingerprint density at radius 1 is 1.42 bits per heavy atom. The molecule has 3 heterocycles. The van der Waals surface area contributed by atoms with Gasteiger partial charge in [0.1, 0.15) is 24.5 Å². The Kier molecular flexibility index (Phi) is 6.40. The number of carbonyl (C=O) groups excluding carboxylic acids is 1. The van der Waals surface area contributed by atoms with Gasteiger partial charge in [0.25, 0.3) is 11.5 Å². The summed E-state index contributed by atoms with van der Waals surface area (Å²) < 4.78 is 51.6. The van der Waals surface area contributed by atoms with E-state index in [4.69, 9.17) is 15.9 Å². The first-order valence-corrected chi connectivity index (χ1v) is 8.90. The van der Waals surface area contributed by atoms with Crippen LogP contribution in [0.25, 0.3) is 0 Å². The van der Waals surface area contributed by atoms with Crippen LogP contribution in [0.5, 0.6) is 0 Å². The zero-order chi connectivity index (χ0) is 22.8. The minimum Gasteiger partial charge on any atom is -0.394 e. The summed E-state index contributed by atoms with van der Waals surface area (Å²) in [6, 6.07) is 2.52. The monoisotopic (exact) mass is 439 g/mol. The first-order valence-electron chi connectivity index (χ1n) is 8.90. The maximum atomic E-state index is 13.5. The molecule has 9 nitrogen and oxygen atoms in total. The van der Waals surface area contributed by atoms with E-state index in [0.29, 0.717) is 10.8 Å². The van der Waals surface area contributed by atoms with Crippen molar-refractivity contribution in [2.75, 3.05) is 13.2 Å². The Hall–Kier alpha value is -3.27. The van der Waals surface area contributed by atoms with Gasteiger partial charge in [-0.25, -0.2) is 4.79 Å². The normalized spacial score (nSPS) is 21.1. The molecule has 31 heavy (non-hydrogen) atoms. The van der Waals surface area contributed by atoms with E-state index in [9.17, 15) is 32.7 Å². The molecule has 1 saturated heterocycles. The van der Waals surface area contributed by atoms with E-state index in [2.05, 4.69) is 10.9 Å². The summed E-state index contributed by atoms with van der Waals surface area (Å²) in [6.45, 7) is -0.709. The quantitative estimate of drug-likeness (QED) is 0.672. The summed E-state index contributed by atoms with van der Waals surface area (Å²) in [5.41, 5.74) is -5.16. The van der Waals surface area contributed by atoms with Gasteiger partial charge in [0.2, 0.25) is 0 Å². The lowest BCUT2D eigenvalue weighted by Gasteiger charge is -2.18. The molecule has 1 N–H and O–H groups in total. The second-order valence-corrected chi connectivity index (χ2v) is 6.52. The lowest BCUT2D eigenvalue weighted by atomic mass is 10.2. The van der Waals surface area contributed by atoms with Gasteiger partial charge in [-0.15, -0.1) is 6.42 Å². The van der Waals surface area contributed by atoms with Gasteiger partial charge < -0.3 is 14.6 Å². The number of pyridine rings is 1. The molecular formula is C19H16F3N3O6. The molecule has 1 aliphatic heterocycles. The van der Waals surface area contributed by atoms with Crippen LogP contribution < -0.4 is 11.2 Å². The minimum atomic E-state index is -5.15. The topological polar surface area (TPSA) is 113 Å². The number of alkyl halides is 3. The van der Waals surface area contributed by atoms with Crippen LogP contribution in [-0.2, 0) is 15.7 Å². The third-order valence-corrected chi connectivity index (χ3v) is 4.58. The van der Waals surface area contributed by atoms with Gasteiger partial charge in [-0.2, -0.15) is 17.7 Å². The molecule has 0 saturated carbocycles. The van der Waals surface area contributed by atoms with Gasteiger partial charge >= 0.3 is 11.9 Å². The lowest BCUT2D eigenvalue weighted by Crippen LogP contribution is -2.47. The molecule has 12 heteroatoms. The summed E-state index contributed by atoms with van der Waals surface area (Å²) in [6.07, 6.45) is -0.719. The molecule has 2 aromatic rings. The van der Waals surface area contributed by atoms with E-state index in [1.54, 1.807) is 0 Å². The summed E-state index contributed by atoms with van der Waals surface area (Å²) in [4.78, 5) is 41.6. The summed E-state index contributed by atoms with van der Waals surface area (Å²) in [5.74, 6) is 0.933. The number of carbonyl (C=O) groups is 1. The van der Waals surface area contributed by atoms with E-state index < -0.39 is 53.9 Å². The minimum absolute atomic E-state index is 0.118. The van der Waals surface area contributed by atoms with E-state index in [0.717, 1.165) is 6.20 Å². The average Bonchev–Trinajstić information content (AvgIpc) is 3.14. The summed E-state index contributed by atoms with van der Waals surface area (Å²) in [5, 5.41) is 9.45. The van der Waals surface area contributed by atoms with Crippen molar-refractivity contribution in [2.45, 2.75) is 31.0 Å². The maximum Gasteiger partial charge on any atom is 0.423 e. The first-order chi connectivity index (χ1) is 14.7. The van der Waals surface area contributed by atoms with Crippen molar-refractivity contribution < 1.29 is 32.5 Å². The molecule has 0 aromatic carbocycles. The van der Waals surface area contributed by atoms with Crippen molar-refractivity contribution in [3.8, 4) is 12.3 Å². The second-order valence-electron chi connectivity index (χ2n) is 6.52. The molecule has 1 aliphatic rings. The molecule has 0 amide bonds. The third kappa shape index (κ3) is 4.43. The highest BCUT2D eigenvalue weighted by Gasteiger charge is 2.41. The number of aliphatic hydroxyl groups excluding tert-OH is 1. The molecule has 1 fully saturated rings. The molecule has 0 radical (unpaired) electrons. The van der Waals surface area contributed by atoms with E-state index in [1.807, 2.05) is 0 Å². The zero-order valence-electron chi connectivity index (χ0n) is 15.8. The molecule has 164 valence electrons. The van der Waals surface area contributed by atoms with Gasteiger partial charge in [-0.3, -0.25) is 19.1 Å². The van der Waals surface area contributed by atoms with E-state index in [-0.39, 0.29) is 23.2 Å². The number of halogens is 3. The number of terminal acetylenes is 1. The van der Waals surface area contributed by atoms with Crippen LogP contribution in [0.15, 0.2) is 40.3 Å². The summed E-state index contributed by atoms with van der Waals surface area (Å²) in [7, 11) is 0. The number of aliphatic hydroxyl groups is 1. The van der Waals surface area contributed by atoms with Crippen LogP contribution in [0, 0.1) is 12.3 Å². The fourth-order valence-electron chi connectivity index (χ4n) is 3.14. The van der Waals surface area contributed by atoms with Crippen LogP contribution in [0.3, 0.4) is 0 Å². The highest BCUT2D eigenvalue weighted by atomic mass is 19.4. The van der Waals surface area contributed by atoms with Crippen molar-refractivity contribution in [1.29, 1.82) is 0 Å². The average molecular weight is 439 g/mol. The smallest absolute Gasteiger partial charge is 0.394 e. The highest BCUT2D eigenvalue weighted by molar-refractivity contribution is 5.95. The first kappa shape index (κ1) is 22.4. The van der Waals surface area contributed by atoms with Crippen molar-refractivity contribution in [3.05, 3.63) is 62.7 Å². The fraction of sp³-hybridized carbons (Fsp3) is 0.368. The molecular weight excluding hydrogens is 423 g/mol. The van der Waals surface area contributed by atoms with Crippen molar-refractivity contribution in [2.24, 2.45) is 0 Å². The van der Waals surface area contributed by atoms with Gasteiger partial charge in [-0.1, -0.05) is 5.92 Å². The molecule has 2 aromatic heterocycles. The SMILES string of the molecule is C#CCO[C@H]1C[C@H](n2cc(C(F)(F)F)c(=O)n(C(=O)c3cccnc3)c2=O)O[C@@H]1CO. The molecule has 0 bridgehead atoms. The molecule has 3 rings (SSSR count). The second kappa shape index (κ2) is 8.84. The van der Waals surface area contributed by atoms with Crippen molar-refractivity contribution >= 4 is 5.91 Å².